The van der Waals surface area contributed by atoms with Crippen molar-refractivity contribution >= 4 is 21.6 Å². The van der Waals surface area contributed by atoms with E-state index in [1.165, 1.54) is 5.56 Å². The molecule has 8 heteroatoms. The summed E-state index contributed by atoms with van der Waals surface area (Å²) in [5, 5.41) is 2.79. The van der Waals surface area contributed by atoms with Crippen molar-refractivity contribution in [3.63, 3.8) is 0 Å². The van der Waals surface area contributed by atoms with Crippen LogP contribution in [0.2, 0.25) is 0 Å². The summed E-state index contributed by atoms with van der Waals surface area (Å²) in [7, 11) is -3.52. The van der Waals surface area contributed by atoms with Crippen LogP contribution < -0.4 is 5.32 Å². The van der Waals surface area contributed by atoms with Crippen LogP contribution in [0.4, 0.5) is 5.69 Å². The Morgan fingerprint density at radius 2 is 1.74 bits per heavy atom. The van der Waals surface area contributed by atoms with Gasteiger partial charge in [-0.3, -0.25) is 14.7 Å². The summed E-state index contributed by atoms with van der Waals surface area (Å²) < 4.78 is 27.6. The number of piperazine rings is 1. The van der Waals surface area contributed by atoms with Gasteiger partial charge in [-0.25, -0.2) is 8.42 Å². The van der Waals surface area contributed by atoms with E-state index >= 15 is 0 Å². The molecule has 27 heavy (non-hydrogen) atoms. The third-order valence-corrected chi connectivity index (χ3v) is 6.99. The first-order valence-electron chi connectivity index (χ1n) is 9.06. The van der Waals surface area contributed by atoms with Gasteiger partial charge >= 0.3 is 0 Å². The van der Waals surface area contributed by atoms with Crippen LogP contribution in [0.1, 0.15) is 17.5 Å². The molecule has 0 unspecified atom stereocenters. The van der Waals surface area contributed by atoms with Gasteiger partial charge in [0.25, 0.3) is 0 Å². The van der Waals surface area contributed by atoms with E-state index in [0.717, 1.165) is 12.1 Å². The normalized spacial score (nSPS) is 18.7. The van der Waals surface area contributed by atoms with Gasteiger partial charge in [0.1, 0.15) is 0 Å². The molecule has 2 aliphatic heterocycles. The molecule has 0 aliphatic carbocycles. The lowest BCUT2D eigenvalue weighted by atomic mass is 10.0. The van der Waals surface area contributed by atoms with Gasteiger partial charge in [0, 0.05) is 57.2 Å². The monoisotopic (exact) mass is 386 g/mol. The minimum atomic E-state index is -3.52. The standard InChI is InChI=1S/C19H22N4O3S/c24-19-4-1-16-13-17(2-3-18(16)21-19)27(25,26)23-11-9-22(10-12-23)14-15-5-7-20-8-6-15/h2-3,5-8,13H,1,4,9-12,14H2,(H,21,24). The van der Waals surface area contributed by atoms with Crippen LogP contribution in [0.25, 0.3) is 0 Å². The van der Waals surface area contributed by atoms with Crippen molar-refractivity contribution in [3.05, 3.63) is 53.9 Å². The maximum Gasteiger partial charge on any atom is 0.243 e. The molecule has 7 nitrogen and oxygen atoms in total. The first-order chi connectivity index (χ1) is 13.0. The number of hydrogen-bond acceptors (Lipinski definition) is 5. The van der Waals surface area contributed by atoms with Gasteiger partial charge in [0.05, 0.1) is 4.90 Å². The van der Waals surface area contributed by atoms with Crippen LogP contribution in [-0.4, -0.2) is 54.7 Å². The Balaban J connectivity index is 1.44. The highest BCUT2D eigenvalue weighted by atomic mass is 32.2. The number of anilines is 1. The average molecular weight is 386 g/mol. The molecule has 1 aromatic carbocycles. The molecule has 142 valence electrons. The van der Waals surface area contributed by atoms with Gasteiger partial charge in [-0.15, -0.1) is 0 Å². The van der Waals surface area contributed by atoms with Crippen molar-refractivity contribution in [1.29, 1.82) is 0 Å². The Morgan fingerprint density at radius 1 is 1.00 bits per heavy atom. The molecule has 1 N–H and O–H groups in total. The second kappa shape index (κ2) is 7.38. The minimum Gasteiger partial charge on any atom is -0.326 e. The van der Waals surface area contributed by atoms with Crippen LogP contribution >= 0.6 is 0 Å². The summed E-state index contributed by atoms with van der Waals surface area (Å²) >= 11 is 0. The molecule has 2 aromatic rings. The molecule has 0 bridgehead atoms. The van der Waals surface area contributed by atoms with E-state index in [2.05, 4.69) is 15.2 Å². The number of aromatic nitrogens is 1. The molecule has 1 amide bonds. The van der Waals surface area contributed by atoms with Crippen molar-refractivity contribution in [2.24, 2.45) is 0 Å². The Bertz CT molecular complexity index is 939. The summed E-state index contributed by atoms with van der Waals surface area (Å²) in [6.07, 6.45) is 4.51. The predicted molar refractivity (Wildman–Crippen MR) is 102 cm³/mol. The van der Waals surface area contributed by atoms with Crippen molar-refractivity contribution in [2.45, 2.75) is 24.3 Å². The van der Waals surface area contributed by atoms with Gasteiger partial charge in [0.2, 0.25) is 15.9 Å². The second-order valence-corrected chi connectivity index (χ2v) is 8.84. The number of pyridine rings is 1. The molecule has 0 saturated carbocycles. The number of rotatable bonds is 4. The van der Waals surface area contributed by atoms with E-state index in [-0.39, 0.29) is 5.91 Å². The first-order valence-corrected chi connectivity index (χ1v) is 10.5. The summed E-state index contributed by atoms with van der Waals surface area (Å²) in [4.78, 5) is 18.1. The number of amides is 1. The van der Waals surface area contributed by atoms with Crippen molar-refractivity contribution in [2.75, 3.05) is 31.5 Å². The number of fused-ring (bicyclic) bond motifs is 1. The highest BCUT2D eigenvalue weighted by molar-refractivity contribution is 7.89. The van der Waals surface area contributed by atoms with Crippen molar-refractivity contribution in [3.8, 4) is 0 Å². The Hall–Kier alpha value is -2.29. The van der Waals surface area contributed by atoms with E-state index in [0.29, 0.717) is 49.6 Å². The largest absolute Gasteiger partial charge is 0.326 e. The minimum absolute atomic E-state index is 0.0246. The van der Waals surface area contributed by atoms with E-state index in [4.69, 9.17) is 0 Å². The zero-order valence-electron chi connectivity index (χ0n) is 15.0. The third-order valence-electron chi connectivity index (χ3n) is 5.10. The number of sulfonamides is 1. The molecule has 1 aromatic heterocycles. The quantitative estimate of drug-likeness (QED) is 0.861. The summed E-state index contributed by atoms with van der Waals surface area (Å²) in [5.41, 5.74) is 2.78. The summed E-state index contributed by atoms with van der Waals surface area (Å²) in [6, 6.07) is 8.94. The van der Waals surface area contributed by atoms with E-state index in [9.17, 15) is 13.2 Å². The molecular weight excluding hydrogens is 364 g/mol. The van der Waals surface area contributed by atoms with Gasteiger partial charge in [-0.1, -0.05) is 0 Å². The fourth-order valence-corrected chi connectivity index (χ4v) is 5.02. The zero-order valence-corrected chi connectivity index (χ0v) is 15.8. The van der Waals surface area contributed by atoms with Gasteiger partial charge < -0.3 is 5.32 Å². The fourth-order valence-electron chi connectivity index (χ4n) is 3.54. The number of hydrogen-bond donors (Lipinski definition) is 1. The van der Waals surface area contributed by atoms with Gasteiger partial charge in [-0.2, -0.15) is 4.31 Å². The van der Waals surface area contributed by atoms with E-state index in [1.54, 1.807) is 34.9 Å². The predicted octanol–water partition coefficient (Wildman–Crippen LogP) is 1.47. The molecule has 0 spiro atoms. The number of benzene rings is 1. The Kier molecular flexibility index (Phi) is 4.94. The average Bonchev–Trinajstić information content (AvgIpc) is 2.69. The highest BCUT2D eigenvalue weighted by Crippen LogP contribution is 2.27. The Morgan fingerprint density at radius 3 is 2.48 bits per heavy atom. The van der Waals surface area contributed by atoms with Gasteiger partial charge in [-0.05, 0) is 47.9 Å². The summed E-state index contributed by atoms with van der Waals surface area (Å²) in [6.45, 7) is 3.14. The smallest absolute Gasteiger partial charge is 0.243 e. The van der Waals surface area contributed by atoms with Crippen LogP contribution in [0.15, 0.2) is 47.6 Å². The zero-order chi connectivity index (χ0) is 18.9. The number of nitrogens with one attached hydrogen (secondary N) is 1. The fraction of sp³-hybridized carbons (Fsp3) is 0.368. The molecule has 0 radical (unpaired) electrons. The topological polar surface area (TPSA) is 82.6 Å². The molecule has 0 atom stereocenters. The number of carbonyl (C=O) groups excluding carboxylic acids is 1. The van der Waals surface area contributed by atoms with E-state index < -0.39 is 10.0 Å². The molecule has 1 saturated heterocycles. The van der Waals surface area contributed by atoms with E-state index in [1.807, 2.05) is 12.1 Å². The first kappa shape index (κ1) is 18.1. The molecule has 1 fully saturated rings. The lowest BCUT2D eigenvalue weighted by Crippen LogP contribution is -2.48. The van der Waals surface area contributed by atoms with Crippen LogP contribution in [0, 0.1) is 0 Å². The van der Waals surface area contributed by atoms with Crippen LogP contribution in [-0.2, 0) is 27.8 Å². The Labute approximate surface area is 159 Å². The molecule has 3 heterocycles. The van der Waals surface area contributed by atoms with Crippen molar-refractivity contribution in [1.82, 2.24) is 14.2 Å². The maximum absolute atomic E-state index is 13.0. The van der Waals surface area contributed by atoms with Crippen LogP contribution in [0.5, 0.6) is 0 Å². The maximum atomic E-state index is 13.0. The summed E-state index contributed by atoms with van der Waals surface area (Å²) in [5.74, 6) is -0.0246. The SMILES string of the molecule is O=C1CCc2cc(S(=O)(=O)N3CCN(Cc4ccncc4)CC3)ccc2N1. The number of carbonyl (C=O) groups is 1. The van der Waals surface area contributed by atoms with Crippen molar-refractivity contribution < 1.29 is 13.2 Å². The second-order valence-electron chi connectivity index (χ2n) is 6.90. The van der Waals surface area contributed by atoms with Crippen LogP contribution in [0.3, 0.4) is 0 Å². The third kappa shape index (κ3) is 3.87. The number of aryl methyl sites for hydroxylation is 1. The van der Waals surface area contributed by atoms with Gasteiger partial charge in [0.15, 0.2) is 0 Å². The number of nitrogens with zero attached hydrogens (tertiary/aromatic N) is 3. The highest BCUT2D eigenvalue weighted by Gasteiger charge is 2.29. The lowest BCUT2D eigenvalue weighted by molar-refractivity contribution is -0.116. The molecular formula is C19H22N4O3S. The lowest BCUT2D eigenvalue weighted by Gasteiger charge is -2.34. The molecule has 2 aliphatic rings. The molecule has 4 rings (SSSR count).